The molecule has 0 aromatic rings. The van der Waals surface area contributed by atoms with Crippen LogP contribution in [0.4, 0.5) is 13.2 Å². The van der Waals surface area contributed by atoms with Gasteiger partial charge in [-0.2, -0.15) is 23.4 Å². The highest BCUT2D eigenvalue weighted by Crippen LogP contribution is 2.39. The highest BCUT2D eigenvalue weighted by atomic mass is 32.3. The van der Waals surface area contributed by atoms with E-state index in [1.54, 1.807) is 6.26 Å². The van der Waals surface area contributed by atoms with Crippen molar-refractivity contribution in [2.24, 2.45) is 5.14 Å². The first-order valence-electron chi connectivity index (χ1n) is 4.35. The molecule has 0 amide bonds. The number of rotatable bonds is 5. The fourth-order valence-corrected chi connectivity index (χ4v) is 2.78. The summed E-state index contributed by atoms with van der Waals surface area (Å²) in [5, 5.41) is 5.79. The number of hydrogen-bond acceptors (Lipinski definition) is 1. The van der Waals surface area contributed by atoms with Crippen LogP contribution in [0.25, 0.3) is 0 Å². The predicted molar refractivity (Wildman–Crippen MR) is 53.0 cm³/mol. The van der Waals surface area contributed by atoms with Gasteiger partial charge < -0.3 is 0 Å². The maximum absolute atomic E-state index is 11.9. The summed E-state index contributed by atoms with van der Waals surface area (Å²) in [5.74, 6) is 0.857. The van der Waals surface area contributed by atoms with E-state index in [9.17, 15) is 13.2 Å². The molecule has 0 aliphatic carbocycles. The largest absolute Gasteiger partial charge is 0.389 e. The molecule has 82 valence electrons. The molecular weight excluding hydrogens is 199 g/mol. The summed E-state index contributed by atoms with van der Waals surface area (Å²) in [6.45, 7) is 2.01. The molecule has 0 saturated heterocycles. The minimum Gasteiger partial charge on any atom is -0.294 e. The van der Waals surface area contributed by atoms with Gasteiger partial charge in [-0.1, -0.05) is 13.3 Å². The van der Waals surface area contributed by atoms with Crippen molar-refractivity contribution in [2.45, 2.75) is 32.4 Å². The van der Waals surface area contributed by atoms with Gasteiger partial charge >= 0.3 is 6.18 Å². The molecule has 0 radical (unpaired) electrons. The highest BCUT2D eigenvalue weighted by molar-refractivity contribution is 8.31. The maximum atomic E-state index is 11.9. The Hall–Kier alpha value is 0.100. The summed E-state index contributed by atoms with van der Waals surface area (Å²) >= 11 is 0. The molecule has 13 heavy (non-hydrogen) atoms. The zero-order valence-electron chi connectivity index (χ0n) is 8.16. The maximum Gasteiger partial charge on any atom is 0.389 e. The molecule has 0 fully saturated rings. The number of halogens is 3. The topological polar surface area (TPSA) is 26.0 Å². The van der Waals surface area contributed by atoms with Crippen LogP contribution in [0.2, 0.25) is 0 Å². The third-order valence-electron chi connectivity index (χ3n) is 1.82. The van der Waals surface area contributed by atoms with Crippen molar-refractivity contribution in [1.82, 2.24) is 0 Å². The molecule has 0 aromatic heterocycles. The van der Waals surface area contributed by atoms with Gasteiger partial charge in [0.2, 0.25) is 0 Å². The van der Waals surface area contributed by atoms with E-state index in [-0.39, 0.29) is 5.75 Å². The smallest absolute Gasteiger partial charge is 0.294 e. The zero-order chi connectivity index (χ0) is 10.5. The summed E-state index contributed by atoms with van der Waals surface area (Å²) in [5.41, 5.74) is 0. The molecule has 2 N–H and O–H groups in total. The Labute approximate surface area is 79.3 Å². The number of nitrogens with two attached hydrogens (primary N) is 1. The van der Waals surface area contributed by atoms with Crippen LogP contribution in [0.1, 0.15) is 26.2 Å². The molecule has 5 heteroatoms. The number of unbranched alkanes of at least 4 members (excludes halogenated alkanes) is 1. The van der Waals surface area contributed by atoms with Crippen molar-refractivity contribution in [3.05, 3.63) is 0 Å². The fraction of sp³-hybridized carbons (Fsp3) is 1.00. The van der Waals surface area contributed by atoms with E-state index in [2.05, 4.69) is 0 Å². The third-order valence-corrected chi connectivity index (χ3v) is 4.17. The molecule has 0 bridgehead atoms. The number of alkyl halides is 3. The van der Waals surface area contributed by atoms with Crippen molar-refractivity contribution in [1.29, 1.82) is 0 Å². The van der Waals surface area contributed by atoms with Crippen LogP contribution in [-0.4, -0.2) is 23.9 Å². The van der Waals surface area contributed by atoms with E-state index in [1.807, 2.05) is 6.92 Å². The Morgan fingerprint density at radius 1 is 1.23 bits per heavy atom. The predicted octanol–water partition coefficient (Wildman–Crippen LogP) is 3.05. The lowest BCUT2D eigenvalue weighted by atomic mass is 10.4. The van der Waals surface area contributed by atoms with Crippen molar-refractivity contribution < 1.29 is 13.2 Å². The molecule has 1 nitrogen and oxygen atoms in total. The van der Waals surface area contributed by atoms with Crippen molar-refractivity contribution >= 4 is 10.2 Å². The normalized spacial score (nSPS) is 19.5. The van der Waals surface area contributed by atoms with Crippen LogP contribution >= 0.6 is 10.2 Å². The van der Waals surface area contributed by atoms with Crippen LogP contribution in [0.15, 0.2) is 0 Å². The lowest BCUT2D eigenvalue weighted by molar-refractivity contribution is -0.129. The van der Waals surface area contributed by atoms with E-state index in [0.29, 0.717) is 0 Å². The summed E-state index contributed by atoms with van der Waals surface area (Å²) in [6, 6.07) is 0. The summed E-state index contributed by atoms with van der Waals surface area (Å²) in [7, 11) is -1.50. The average Bonchev–Trinajstić information content (AvgIpc) is 1.97. The summed E-state index contributed by atoms with van der Waals surface area (Å²) in [4.78, 5) is 0. The summed E-state index contributed by atoms with van der Waals surface area (Å²) in [6.07, 6.45) is -1.10. The second kappa shape index (κ2) is 5.10. The van der Waals surface area contributed by atoms with E-state index in [1.165, 1.54) is 0 Å². The van der Waals surface area contributed by atoms with Gasteiger partial charge in [0.25, 0.3) is 0 Å². The van der Waals surface area contributed by atoms with Crippen LogP contribution in [0.3, 0.4) is 0 Å². The average molecular weight is 217 g/mol. The van der Waals surface area contributed by atoms with Gasteiger partial charge in [0.15, 0.2) is 0 Å². The van der Waals surface area contributed by atoms with Gasteiger partial charge in [-0.15, -0.1) is 0 Å². The quantitative estimate of drug-likeness (QED) is 0.752. The van der Waals surface area contributed by atoms with E-state index >= 15 is 0 Å². The molecule has 0 saturated carbocycles. The molecule has 0 aliphatic rings. The highest BCUT2D eigenvalue weighted by Gasteiger charge is 2.29. The Morgan fingerprint density at radius 2 is 1.77 bits per heavy atom. The zero-order valence-corrected chi connectivity index (χ0v) is 8.97. The van der Waals surface area contributed by atoms with E-state index in [4.69, 9.17) is 5.14 Å². The molecule has 1 unspecified atom stereocenters. The first-order chi connectivity index (χ1) is 5.77. The minimum absolute atomic E-state index is 0.108. The van der Waals surface area contributed by atoms with Crippen LogP contribution in [0.5, 0.6) is 0 Å². The van der Waals surface area contributed by atoms with E-state index in [0.717, 1.165) is 18.6 Å². The lowest BCUT2D eigenvalue weighted by Gasteiger charge is -2.31. The molecule has 0 spiro atoms. The molecule has 1 atom stereocenters. The second-order valence-electron chi connectivity index (χ2n) is 3.48. The Kier molecular flexibility index (Phi) is 5.14. The van der Waals surface area contributed by atoms with E-state index < -0.39 is 22.8 Å². The van der Waals surface area contributed by atoms with Crippen molar-refractivity contribution in [2.75, 3.05) is 17.8 Å². The first-order valence-corrected chi connectivity index (χ1v) is 6.79. The number of hydrogen-bond donors (Lipinski definition) is 1. The van der Waals surface area contributed by atoms with Gasteiger partial charge in [-0.3, -0.25) is 5.14 Å². The molecule has 0 aromatic carbocycles. The Bertz CT molecular complexity index is 145. The van der Waals surface area contributed by atoms with Gasteiger partial charge in [-0.05, 0) is 24.2 Å². The Balaban J connectivity index is 3.75. The molecule has 0 heterocycles. The standard InChI is InChI=1S/C8H18F3NS/c1-3-4-6-13(2,12)7-5-8(9,10)11/h3-7,12H2,1-2H3. The van der Waals surface area contributed by atoms with Gasteiger partial charge in [-0.25, -0.2) is 0 Å². The van der Waals surface area contributed by atoms with Crippen LogP contribution in [0, 0.1) is 0 Å². The minimum atomic E-state index is -4.06. The van der Waals surface area contributed by atoms with Crippen molar-refractivity contribution in [3.8, 4) is 0 Å². The summed E-state index contributed by atoms with van der Waals surface area (Å²) < 4.78 is 35.6. The van der Waals surface area contributed by atoms with Gasteiger partial charge in [0, 0.05) is 0 Å². The monoisotopic (exact) mass is 217 g/mol. The van der Waals surface area contributed by atoms with Crippen LogP contribution < -0.4 is 5.14 Å². The fourth-order valence-electron chi connectivity index (χ4n) is 0.925. The second-order valence-corrected chi connectivity index (χ2v) is 7.00. The van der Waals surface area contributed by atoms with Gasteiger partial charge in [0.1, 0.15) is 0 Å². The third kappa shape index (κ3) is 8.43. The van der Waals surface area contributed by atoms with Gasteiger partial charge in [0.05, 0.1) is 6.42 Å². The first kappa shape index (κ1) is 13.1. The molecule has 0 rings (SSSR count). The molecule has 0 aliphatic heterocycles. The molecular formula is C8H18F3NS. The SMILES string of the molecule is CCCCS(C)(N)CCC(F)(F)F. The van der Waals surface area contributed by atoms with Crippen LogP contribution in [-0.2, 0) is 0 Å². The van der Waals surface area contributed by atoms with Crippen molar-refractivity contribution in [3.63, 3.8) is 0 Å². The lowest BCUT2D eigenvalue weighted by Crippen LogP contribution is -2.21. The Morgan fingerprint density at radius 3 is 2.15 bits per heavy atom.